The van der Waals surface area contributed by atoms with Crippen molar-refractivity contribution in [3.63, 3.8) is 0 Å². The highest BCUT2D eigenvalue weighted by Gasteiger charge is 2.55. The maximum absolute atomic E-state index is 13.7. The van der Waals surface area contributed by atoms with Gasteiger partial charge >= 0.3 is 6.03 Å². The Balaban J connectivity index is 1.30. The van der Waals surface area contributed by atoms with Gasteiger partial charge in [0, 0.05) is 37.6 Å². The summed E-state index contributed by atoms with van der Waals surface area (Å²) in [4.78, 5) is 37.2. The van der Waals surface area contributed by atoms with Gasteiger partial charge < -0.3 is 15.1 Å². The van der Waals surface area contributed by atoms with Crippen LogP contribution in [0, 0.1) is 12.8 Å². The van der Waals surface area contributed by atoms with Crippen molar-refractivity contribution in [3.8, 4) is 0 Å². The third kappa shape index (κ3) is 4.98. The molecule has 0 atom stereocenters. The first-order valence-electron chi connectivity index (χ1n) is 13.8. The molecule has 3 fully saturated rings. The van der Waals surface area contributed by atoms with Crippen LogP contribution in [-0.2, 0) is 16.9 Å². The van der Waals surface area contributed by atoms with E-state index in [-0.39, 0.29) is 29.6 Å². The van der Waals surface area contributed by atoms with Gasteiger partial charge in [0.1, 0.15) is 6.54 Å². The molecular weight excluding hydrogens is 462 g/mol. The number of aromatic nitrogens is 1. The number of carbonyl (C=O) groups excluding carboxylic acids is 2. The number of hydrogen-bond acceptors (Lipinski definition) is 4. The van der Waals surface area contributed by atoms with Crippen molar-refractivity contribution in [1.29, 1.82) is 0 Å². The van der Waals surface area contributed by atoms with Crippen LogP contribution in [0.25, 0.3) is 0 Å². The van der Waals surface area contributed by atoms with E-state index in [0.29, 0.717) is 19.0 Å². The number of pyridine rings is 1. The van der Waals surface area contributed by atoms with Crippen LogP contribution in [0.1, 0.15) is 61.6 Å². The Labute approximate surface area is 221 Å². The molecule has 1 spiro atoms. The van der Waals surface area contributed by atoms with E-state index in [4.69, 9.17) is 0 Å². The Kier molecular flexibility index (Phi) is 7.26. The number of nitrogens with zero attached hydrogens (tertiary/aromatic N) is 4. The molecule has 1 saturated heterocycles. The van der Waals surface area contributed by atoms with Gasteiger partial charge in [0.05, 0.1) is 5.54 Å². The topological polar surface area (TPSA) is 68.8 Å². The number of hydrogen-bond donors (Lipinski definition) is 1. The molecule has 5 rings (SSSR count). The highest BCUT2D eigenvalue weighted by molar-refractivity contribution is 5.86. The molecule has 1 aromatic carbocycles. The normalized spacial score (nSPS) is 26.1. The van der Waals surface area contributed by atoms with E-state index in [1.165, 1.54) is 24.8 Å². The zero-order valence-electron chi connectivity index (χ0n) is 22.6. The molecule has 1 aromatic heterocycles. The van der Waals surface area contributed by atoms with Crippen LogP contribution >= 0.6 is 0 Å². The fraction of sp³-hybridized carbons (Fsp3) is 0.567. The number of urea groups is 1. The lowest BCUT2D eigenvalue weighted by Gasteiger charge is -2.51. The number of benzene rings is 1. The van der Waals surface area contributed by atoms with E-state index >= 15 is 0 Å². The van der Waals surface area contributed by atoms with Gasteiger partial charge in [0.15, 0.2) is 0 Å². The summed E-state index contributed by atoms with van der Waals surface area (Å²) in [5.41, 5.74) is 3.24. The Hall–Kier alpha value is -2.93. The van der Waals surface area contributed by atoms with Crippen molar-refractivity contribution in [2.24, 2.45) is 5.92 Å². The van der Waals surface area contributed by atoms with Crippen molar-refractivity contribution < 1.29 is 9.59 Å². The Morgan fingerprint density at radius 2 is 1.84 bits per heavy atom. The van der Waals surface area contributed by atoms with Crippen LogP contribution in [-0.4, -0.2) is 70.9 Å². The molecule has 2 heterocycles. The second kappa shape index (κ2) is 10.4. The minimum atomic E-state index is -0.193. The lowest BCUT2D eigenvalue weighted by Crippen LogP contribution is -2.56. The van der Waals surface area contributed by atoms with E-state index in [9.17, 15) is 9.59 Å². The fourth-order valence-electron chi connectivity index (χ4n) is 6.61. The second-order valence-corrected chi connectivity index (χ2v) is 11.6. The van der Waals surface area contributed by atoms with Gasteiger partial charge in [0.25, 0.3) is 0 Å². The van der Waals surface area contributed by atoms with Crippen LogP contribution in [0.5, 0.6) is 0 Å². The standard InChI is InChI=1S/C30H41N5O2/c1-23-12-17-31-18-25(23)19-32-27(36)21-34-22-29(35(28(34)37)20-24-8-7-9-24)13-15-30(16-14-29,33(2)3)26-10-5-4-6-11-26/h4-6,10-12,17-18,24H,7-9,13-16,19-22H2,1-3H3,(H,32,36)/t29-,30-. The summed E-state index contributed by atoms with van der Waals surface area (Å²) in [7, 11) is 4.36. The number of amides is 3. The Morgan fingerprint density at radius 3 is 2.46 bits per heavy atom. The van der Waals surface area contributed by atoms with Crippen molar-refractivity contribution >= 4 is 11.9 Å². The van der Waals surface area contributed by atoms with Gasteiger partial charge in [-0.05, 0) is 88.2 Å². The molecular formula is C30H41N5O2. The second-order valence-electron chi connectivity index (χ2n) is 11.6. The van der Waals surface area contributed by atoms with E-state index in [2.05, 4.69) is 64.5 Å². The summed E-state index contributed by atoms with van der Waals surface area (Å²) in [6, 6.07) is 12.8. The van der Waals surface area contributed by atoms with E-state index in [0.717, 1.165) is 43.4 Å². The molecule has 2 aliphatic carbocycles. The van der Waals surface area contributed by atoms with Gasteiger partial charge in [-0.25, -0.2) is 4.79 Å². The largest absolute Gasteiger partial charge is 0.350 e. The molecule has 1 aliphatic heterocycles. The van der Waals surface area contributed by atoms with Crippen LogP contribution in [0.15, 0.2) is 48.8 Å². The summed E-state index contributed by atoms with van der Waals surface area (Å²) in [6.45, 7) is 4.02. The Morgan fingerprint density at radius 1 is 1.11 bits per heavy atom. The van der Waals surface area contributed by atoms with Gasteiger partial charge in [-0.2, -0.15) is 0 Å². The van der Waals surface area contributed by atoms with Gasteiger partial charge in [-0.3, -0.25) is 14.7 Å². The molecule has 1 N–H and O–H groups in total. The van der Waals surface area contributed by atoms with Crippen molar-refractivity contribution in [1.82, 2.24) is 25.0 Å². The van der Waals surface area contributed by atoms with Gasteiger partial charge in [-0.15, -0.1) is 0 Å². The van der Waals surface area contributed by atoms with Crippen molar-refractivity contribution in [2.45, 2.75) is 69.5 Å². The molecule has 37 heavy (non-hydrogen) atoms. The molecule has 0 radical (unpaired) electrons. The van der Waals surface area contributed by atoms with E-state index in [1.807, 2.05) is 13.0 Å². The highest BCUT2D eigenvalue weighted by atomic mass is 16.2. The SMILES string of the molecule is Cc1ccncc1CNC(=O)CN1C[C@]2(CC[C@@](c3ccccc3)(N(C)C)CC2)N(CC2CCC2)C1=O. The monoisotopic (exact) mass is 503 g/mol. The molecule has 0 bridgehead atoms. The minimum absolute atomic E-state index is 0.0237. The predicted molar refractivity (Wildman–Crippen MR) is 145 cm³/mol. The molecule has 2 aromatic rings. The molecule has 3 amide bonds. The molecule has 7 nitrogen and oxygen atoms in total. The number of nitrogens with one attached hydrogen (secondary N) is 1. The first-order chi connectivity index (χ1) is 17.8. The third-order valence-electron chi connectivity index (χ3n) is 9.36. The lowest BCUT2D eigenvalue weighted by atomic mass is 9.68. The van der Waals surface area contributed by atoms with Gasteiger partial charge in [0.2, 0.25) is 5.91 Å². The summed E-state index contributed by atoms with van der Waals surface area (Å²) in [5.74, 6) is 0.484. The minimum Gasteiger partial charge on any atom is -0.350 e. The molecule has 0 unspecified atom stereocenters. The zero-order chi connectivity index (χ0) is 26.0. The average molecular weight is 504 g/mol. The van der Waals surface area contributed by atoms with Crippen LogP contribution in [0.3, 0.4) is 0 Å². The average Bonchev–Trinajstić information content (AvgIpc) is 3.11. The maximum atomic E-state index is 13.7. The summed E-state index contributed by atoms with van der Waals surface area (Å²) in [6.07, 6.45) is 11.1. The number of rotatable bonds is 8. The van der Waals surface area contributed by atoms with Gasteiger partial charge in [-0.1, -0.05) is 36.8 Å². The molecule has 3 aliphatic rings. The van der Waals surface area contributed by atoms with Crippen LogP contribution in [0.4, 0.5) is 4.79 Å². The van der Waals surface area contributed by atoms with Crippen molar-refractivity contribution in [2.75, 3.05) is 33.7 Å². The summed E-state index contributed by atoms with van der Waals surface area (Å²) < 4.78 is 0. The molecule has 7 heteroatoms. The van der Waals surface area contributed by atoms with E-state index < -0.39 is 0 Å². The summed E-state index contributed by atoms with van der Waals surface area (Å²) >= 11 is 0. The molecule has 198 valence electrons. The zero-order valence-corrected chi connectivity index (χ0v) is 22.6. The van der Waals surface area contributed by atoms with Crippen LogP contribution in [0.2, 0.25) is 0 Å². The quantitative estimate of drug-likeness (QED) is 0.583. The predicted octanol–water partition coefficient (Wildman–Crippen LogP) is 4.31. The first kappa shape index (κ1) is 25.7. The summed E-state index contributed by atoms with van der Waals surface area (Å²) in [5, 5.41) is 3.01. The number of aryl methyl sites for hydroxylation is 1. The van der Waals surface area contributed by atoms with Crippen molar-refractivity contribution in [3.05, 3.63) is 65.5 Å². The number of carbonyl (C=O) groups is 2. The molecule has 2 saturated carbocycles. The first-order valence-corrected chi connectivity index (χ1v) is 13.8. The highest BCUT2D eigenvalue weighted by Crippen LogP contribution is 2.49. The lowest BCUT2D eigenvalue weighted by molar-refractivity contribution is -0.121. The van der Waals surface area contributed by atoms with E-state index in [1.54, 1.807) is 17.3 Å². The smallest absolute Gasteiger partial charge is 0.321 e. The fourth-order valence-corrected chi connectivity index (χ4v) is 6.61. The maximum Gasteiger partial charge on any atom is 0.321 e. The van der Waals surface area contributed by atoms with Crippen LogP contribution < -0.4 is 5.32 Å². The third-order valence-corrected chi connectivity index (χ3v) is 9.36. The Bertz CT molecular complexity index is 1110.